The predicted octanol–water partition coefficient (Wildman–Crippen LogP) is -0.935. The Morgan fingerprint density at radius 1 is 1.48 bits per heavy atom. The van der Waals surface area contributed by atoms with Crippen molar-refractivity contribution in [2.75, 3.05) is 20.1 Å². The number of carbonyl (C=O) groups is 1. The Bertz CT molecular complexity index is 458. The van der Waals surface area contributed by atoms with E-state index in [0.717, 1.165) is 13.1 Å². The number of carboxylic acid groups (broad SMARTS) is 1. The van der Waals surface area contributed by atoms with E-state index >= 15 is 0 Å². The minimum Gasteiger partial charge on any atom is -0.487 e. The van der Waals surface area contributed by atoms with E-state index in [1.807, 2.05) is 11.9 Å². The fourth-order valence-corrected chi connectivity index (χ4v) is 2.59. The molecule has 0 aromatic carbocycles. The first-order chi connectivity index (χ1) is 9.88. The van der Waals surface area contributed by atoms with Crippen LogP contribution in [0, 0.1) is 5.92 Å². The molecule has 0 spiro atoms. The number of hydrogen-bond acceptors (Lipinski definition) is 6. The van der Waals surface area contributed by atoms with E-state index in [2.05, 4.69) is 0 Å². The minimum atomic E-state index is -1.47. The normalized spacial score (nSPS) is 26.7. The molecule has 7 nitrogen and oxygen atoms in total. The van der Waals surface area contributed by atoms with Crippen molar-refractivity contribution in [3.63, 3.8) is 0 Å². The number of carboxylic acids is 1. The average molecular weight is 297 g/mol. The van der Waals surface area contributed by atoms with Gasteiger partial charge in [0.15, 0.2) is 0 Å². The van der Waals surface area contributed by atoms with E-state index in [1.54, 1.807) is 12.2 Å². The summed E-state index contributed by atoms with van der Waals surface area (Å²) in [5, 5.41) is 37.2. The first-order valence-electron chi connectivity index (χ1n) is 6.93. The number of allylic oxidation sites excluding steroid dienone is 1. The van der Waals surface area contributed by atoms with Crippen LogP contribution in [0.2, 0.25) is 6.32 Å². The van der Waals surface area contributed by atoms with E-state index in [4.69, 9.17) is 14.8 Å². The van der Waals surface area contributed by atoms with Crippen LogP contribution in [0.3, 0.4) is 0 Å². The number of aliphatic hydroxyl groups is 1. The Hall–Kier alpha value is -1.35. The largest absolute Gasteiger partial charge is 0.487 e. The van der Waals surface area contributed by atoms with Gasteiger partial charge in [0, 0.05) is 19.0 Å². The molecule has 1 fully saturated rings. The summed E-state index contributed by atoms with van der Waals surface area (Å²) >= 11 is 0. The maximum atomic E-state index is 11.4. The highest BCUT2D eigenvalue weighted by Crippen LogP contribution is 2.30. The number of rotatable bonds is 6. The smallest absolute Gasteiger partial charge is 0.451 e. The van der Waals surface area contributed by atoms with Gasteiger partial charge in [-0.25, -0.2) is 4.79 Å². The fourth-order valence-electron chi connectivity index (χ4n) is 2.59. The van der Waals surface area contributed by atoms with Gasteiger partial charge in [0.2, 0.25) is 0 Å². The Morgan fingerprint density at radius 3 is 2.67 bits per heavy atom. The maximum Gasteiger partial charge on any atom is 0.451 e. The Morgan fingerprint density at radius 2 is 2.14 bits per heavy atom. The second-order valence-electron chi connectivity index (χ2n) is 5.57. The number of likely N-dealkylation sites (N-methyl/N-ethyl adjacent to an activating group) is 1. The zero-order valence-corrected chi connectivity index (χ0v) is 11.8. The van der Waals surface area contributed by atoms with Crippen LogP contribution < -0.4 is 0 Å². The molecule has 2 atom stereocenters. The van der Waals surface area contributed by atoms with Crippen molar-refractivity contribution in [2.24, 2.45) is 5.92 Å². The van der Waals surface area contributed by atoms with E-state index < -0.39 is 25.1 Å². The summed E-state index contributed by atoms with van der Waals surface area (Å²) < 4.78 is 5.63. The quantitative estimate of drug-likeness (QED) is 0.469. The number of nitrogens with zero attached hydrogens (tertiary/aromatic N) is 1. The molecular formula is C13H20BNO6. The molecule has 1 saturated heterocycles. The van der Waals surface area contributed by atoms with Gasteiger partial charge in [-0.2, -0.15) is 0 Å². The van der Waals surface area contributed by atoms with Crippen LogP contribution in [0.25, 0.3) is 0 Å². The summed E-state index contributed by atoms with van der Waals surface area (Å²) in [6.07, 6.45) is 2.31. The third kappa shape index (κ3) is 3.85. The van der Waals surface area contributed by atoms with Crippen LogP contribution >= 0.6 is 0 Å². The number of aliphatic hydroxyl groups excluding tert-OH is 1. The van der Waals surface area contributed by atoms with Crippen LogP contribution in [0.5, 0.6) is 0 Å². The molecule has 4 N–H and O–H groups in total. The van der Waals surface area contributed by atoms with E-state index in [9.17, 15) is 15.0 Å². The summed E-state index contributed by atoms with van der Waals surface area (Å²) in [5.41, 5.74) is -0.163. The Balaban J connectivity index is 2.07. The van der Waals surface area contributed by atoms with Crippen molar-refractivity contribution < 1.29 is 29.8 Å². The molecule has 21 heavy (non-hydrogen) atoms. The third-order valence-corrected chi connectivity index (χ3v) is 3.77. The number of ether oxygens (including phenoxy) is 1. The molecule has 2 aliphatic rings. The van der Waals surface area contributed by atoms with Crippen LogP contribution in [0.15, 0.2) is 23.5 Å². The second-order valence-corrected chi connectivity index (χ2v) is 5.57. The number of aliphatic carboxylic acids is 1. The first-order valence-corrected chi connectivity index (χ1v) is 6.93. The summed E-state index contributed by atoms with van der Waals surface area (Å²) in [6, 6.07) is 0. The van der Waals surface area contributed by atoms with E-state index in [0.29, 0.717) is 0 Å². The standard InChI is InChI=1S/C13H20BNO6/c1-15-6-9(7-15)21-10-3-2-8(4-5-14(19)20)12(16)11(10)13(17)18/h2-3,8-9,12,16,19-20H,4-7H2,1H3,(H,17,18). The van der Waals surface area contributed by atoms with Crippen LogP contribution in [0.1, 0.15) is 6.42 Å². The van der Waals surface area contributed by atoms with Gasteiger partial charge in [0.05, 0.1) is 6.10 Å². The summed E-state index contributed by atoms with van der Waals surface area (Å²) in [5.74, 6) is -1.49. The molecule has 1 aliphatic heterocycles. The summed E-state index contributed by atoms with van der Waals surface area (Å²) in [6.45, 7) is 1.45. The molecule has 2 unspecified atom stereocenters. The second kappa shape index (κ2) is 6.61. The molecule has 1 aliphatic carbocycles. The van der Waals surface area contributed by atoms with Crippen molar-refractivity contribution in [3.8, 4) is 0 Å². The zero-order chi connectivity index (χ0) is 15.6. The molecule has 116 valence electrons. The lowest BCUT2D eigenvalue weighted by Crippen LogP contribution is -2.49. The average Bonchev–Trinajstić information content (AvgIpc) is 2.35. The first kappa shape index (κ1) is 16.0. The van der Waals surface area contributed by atoms with Gasteiger partial charge < -0.3 is 25.0 Å². The SMILES string of the molecule is CN1CC(OC2=C(C(=O)O)C(O)C(CCB(O)O)C=C2)C1. The Labute approximate surface area is 123 Å². The number of hydrogen-bond donors (Lipinski definition) is 4. The predicted molar refractivity (Wildman–Crippen MR) is 75.3 cm³/mol. The molecule has 0 radical (unpaired) electrons. The van der Waals surface area contributed by atoms with Crippen LogP contribution in [-0.4, -0.2) is 70.6 Å². The third-order valence-electron chi connectivity index (χ3n) is 3.77. The van der Waals surface area contributed by atoms with Crippen LogP contribution in [0.4, 0.5) is 0 Å². The molecule has 1 heterocycles. The molecule has 0 saturated carbocycles. The lowest BCUT2D eigenvalue weighted by Gasteiger charge is -2.37. The molecule has 0 aromatic heterocycles. The minimum absolute atomic E-state index is 0.0629. The lowest BCUT2D eigenvalue weighted by atomic mass is 9.77. The van der Waals surface area contributed by atoms with E-state index in [-0.39, 0.29) is 30.2 Å². The van der Waals surface area contributed by atoms with Crippen molar-refractivity contribution >= 4 is 13.1 Å². The summed E-state index contributed by atoms with van der Waals surface area (Å²) in [7, 11) is 0.472. The highest BCUT2D eigenvalue weighted by molar-refractivity contribution is 6.40. The lowest BCUT2D eigenvalue weighted by molar-refractivity contribution is -0.134. The molecule has 8 heteroatoms. The molecule has 0 aromatic rings. The Kier molecular flexibility index (Phi) is 5.05. The van der Waals surface area contributed by atoms with Crippen LogP contribution in [-0.2, 0) is 9.53 Å². The van der Waals surface area contributed by atoms with Crippen molar-refractivity contribution in [1.82, 2.24) is 4.90 Å². The van der Waals surface area contributed by atoms with Gasteiger partial charge in [0.1, 0.15) is 17.4 Å². The van der Waals surface area contributed by atoms with E-state index in [1.165, 1.54) is 0 Å². The maximum absolute atomic E-state index is 11.4. The van der Waals surface area contributed by atoms with Gasteiger partial charge in [0.25, 0.3) is 0 Å². The monoisotopic (exact) mass is 297 g/mol. The van der Waals surface area contributed by atoms with Gasteiger partial charge in [-0.1, -0.05) is 6.08 Å². The van der Waals surface area contributed by atoms with Crippen molar-refractivity contribution in [3.05, 3.63) is 23.5 Å². The molecule has 0 bridgehead atoms. The molecule has 0 amide bonds. The summed E-state index contributed by atoms with van der Waals surface area (Å²) in [4.78, 5) is 13.4. The van der Waals surface area contributed by atoms with Crippen molar-refractivity contribution in [2.45, 2.75) is 24.9 Å². The topological polar surface area (TPSA) is 110 Å². The fraction of sp³-hybridized carbons (Fsp3) is 0.615. The van der Waals surface area contributed by atoms with Gasteiger partial charge in [-0.15, -0.1) is 0 Å². The molecule has 2 rings (SSSR count). The van der Waals surface area contributed by atoms with Gasteiger partial charge in [-0.05, 0) is 25.9 Å². The number of likely N-dealkylation sites (tertiary alicyclic amines) is 1. The molecular weight excluding hydrogens is 277 g/mol. The highest BCUT2D eigenvalue weighted by Gasteiger charge is 2.35. The van der Waals surface area contributed by atoms with Gasteiger partial charge in [-0.3, -0.25) is 4.90 Å². The zero-order valence-electron chi connectivity index (χ0n) is 11.8. The highest BCUT2D eigenvalue weighted by atomic mass is 16.5. The van der Waals surface area contributed by atoms with Gasteiger partial charge >= 0.3 is 13.1 Å². The van der Waals surface area contributed by atoms with Crippen molar-refractivity contribution in [1.29, 1.82) is 0 Å².